The maximum Gasteiger partial charge on any atom is 0.251 e. The quantitative estimate of drug-likeness (QED) is 0.893. The third-order valence-electron chi connectivity index (χ3n) is 4.62. The monoisotopic (exact) mass is 357 g/mol. The Morgan fingerprint density at radius 2 is 1.68 bits per heavy atom. The molecule has 1 N–H and O–H groups in total. The number of hydrogen-bond donors (Lipinski definition) is 1. The number of nitrogens with one attached hydrogen (secondary N) is 1. The van der Waals surface area contributed by atoms with Crippen LogP contribution in [0.25, 0.3) is 0 Å². The smallest absolute Gasteiger partial charge is 0.251 e. The number of fused-ring (bicyclic) bond motifs is 1. The normalized spacial score (nSPS) is 19.1. The lowest BCUT2D eigenvalue weighted by Crippen LogP contribution is -2.33. The van der Waals surface area contributed by atoms with Crippen LogP contribution in [0.4, 0.5) is 0 Å². The minimum absolute atomic E-state index is 0.0334. The van der Waals surface area contributed by atoms with E-state index in [1.165, 1.54) is 0 Å². The van der Waals surface area contributed by atoms with Gasteiger partial charge in [0, 0.05) is 5.56 Å². The van der Waals surface area contributed by atoms with Gasteiger partial charge < -0.3 is 5.32 Å². The number of hydrogen-bond acceptors (Lipinski definition) is 3. The Labute approximate surface area is 149 Å². The van der Waals surface area contributed by atoms with Crippen LogP contribution in [0.5, 0.6) is 0 Å². The standard InChI is InChI=1S/C20H23NO3S/c1-20(2,3)15-10-8-14(9-11-15)19(22)21-17-12-13-25(23,24)18-7-5-4-6-16(17)18/h4-11,17H,12-13H2,1-3H3,(H,21,22). The fourth-order valence-electron chi connectivity index (χ4n) is 3.10. The second-order valence-electron chi connectivity index (χ2n) is 7.50. The maximum absolute atomic E-state index is 12.6. The van der Waals surface area contributed by atoms with Crippen molar-refractivity contribution in [2.24, 2.45) is 0 Å². The van der Waals surface area contributed by atoms with E-state index in [1.54, 1.807) is 24.3 Å². The van der Waals surface area contributed by atoms with Crippen molar-refractivity contribution >= 4 is 15.7 Å². The summed E-state index contributed by atoms with van der Waals surface area (Å²) in [6.45, 7) is 6.38. The lowest BCUT2D eigenvalue weighted by atomic mass is 9.86. The molecule has 0 aromatic heterocycles. The van der Waals surface area contributed by atoms with E-state index in [-0.39, 0.29) is 23.1 Å². The number of rotatable bonds is 2. The molecule has 0 spiro atoms. The third kappa shape index (κ3) is 3.61. The van der Waals surface area contributed by atoms with Gasteiger partial charge in [0.1, 0.15) is 0 Å². The third-order valence-corrected chi connectivity index (χ3v) is 6.44. The minimum atomic E-state index is -3.25. The SMILES string of the molecule is CC(C)(C)c1ccc(C(=O)NC2CCS(=O)(=O)c3ccccc32)cc1. The number of carbonyl (C=O) groups is 1. The van der Waals surface area contributed by atoms with Gasteiger partial charge in [-0.25, -0.2) is 8.42 Å². The van der Waals surface area contributed by atoms with Crippen LogP contribution < -0.4 is 5.32 Å². The van der Waals surface area contributed by atoms with Gasteiger partial charge in [-0.1, -0.05) is 51.1 Å². The van der Waals surface area contributed by atoms with Gasteiger partial charge in [0.2, 0.25) is 0 Å². The average molecular weight is 357 g/mol. The Bertz CT molecular complexity index is 893. The van der Waals surface area contributed by atoms with Gasteiger partial charge >= 0.3 is 0 Å². The lowest BCUT2D eigenvalue weighted by Gasteiger charge is -2.26. The predicted octanol–water partition coefficient (Wildman–Crippen LogP) is 3.63. The lowest BCUT2D eigenvalue weighted by molar-refractivity contribution is 0.0934. The van der Waals surface area contributed by atoms with Crippen LogP contribution in [-0.2, 0) is 15.3 Å². The zero-order valence-electron chi connectivity index (χ0n) is 14.7. The zero-order chi connectivity index (χ0) is 18.2. The van der Waals surface area contributed by atoms with E-state index < -0.39 is 9.84 Å². The second kappa shape index (κ2) is 6.30. The molecule has 132 valence electrons. The van der Waals surface area contributed by atoms with Crippen LogP contribution >= 0.6 is 0 Å². The first-order valence-corrected chi connectivity index (χ1v) is 10.1. The summed E-state index contributed by atoms with van der Waals surface area (Å²) in [7, 11) is -3.25. The summed E-state index contributed by atoms with van der Waals surface area (Å²) in [6, 6.07) is 14.2. The van der Waals surface area contributed by atoms with Crippen LogP contribution in [0.1, 0.15) is 54.7 Å². The number of amides is 1. The largest absolute Gasteiger partial charge is 0.345 e. The van der Waals surface area contributed by atoms with Crippen LogP contribution in [0.3, 0.4) is 0 Å². The number of sulfone groups is 1. The molecule has 0 radical (unpaired) electrons. The molecule has 2 aromatic rings. The summed E-state index contributed by atoms with van der Waals surface area (Å²) in [5.74, 6) is -0.127. The molecule has 1 unspecified atom stereocenters. The van der Waals surface area contributed by atoms with Gasteiger partial charge in [-0.15, -0.1) is 0 Å². The number of carbonyl (C=O) groups excluding carboxylic acids is 1. The molecule has 5 heteroatoms. The van der Waals surface area contributed by atoms with Crippen LogP contribution in [0.2, 0.25) is 0 Å². The molecule has 0 aliphatic carbocycles. The maximum atomic E-state index is 12.6. The Morgan fingerprint density at radius 1 is 1.04 bits per heavy atom. The Kier molecular flexibility index (Phi) is 4.45. The molecule has 0 bridgehead atoms. The van der Waals surface area contributed by atoms with Crippen molar-refractivity contribution in [3.05, 3.63) is 65.2 Å². The van der Waals surface area contributed by atoms with Gasteiger partial charge in [-0.2, -0.15) is 0 Å². The summed E-state index contributed by atoms with van der Waals surface area (Å²) >= 11 is 0. The Morgan fingerprint density at radius 3 is 2.32 bits per heavy atom. The molecule has 0 saturated carbocycles. The van der Waals surface area contributed by atoms with Crippen LogP contribution in [-0.4, -0.2) is 20.1 Å². The molecule has 1 amide bonds. The minimum Gasteiger partial charge on any atom is -0.345 e. The highest BCUT2D eigenvalue weighted by Crippen LogP contribution is 2.32. The van der Waals surface area contributed by atoms with Gasteiger partial charge in [0.05, 0.1) is 16.7 Å². The van der Waals surface area contributed by atoms with Crippen molar-refractivity contribution < 1.29 is 13.2 Å². The predicted molar refractivity (Wildman–Crippen MR) is 98.5 cm³/mol. The summed E-state index contributed by atoms with van der Waals surface area (Å²) < 4.78 is 24.4. The molecular formula is C20H23NO3S. The first-order valence-electron chi connectivity index (χ1n) is 8.41. The number of benzene rings is 2. The van der Waals surface area contributed by atoms with Crippen molar-refractivity contribution in [3.63, 3.8) is 0 Å². The molecule has 25 heavy (non-hydrogen) atoms. The molecular weight excluding hydrogens is 334 g/mol. The first-order chi connectivity index (χ1) is 11.7. The topological polar surface area (TPSA) is 63.2 Å². The molecule has 1 atom stereocenters. The van der Waals surface area contributed by atoms with Gasteiger partial charge in [-0.3, -0.25) is 4.79 Å². The molecule has 0 fully saturated rings. The van der Waals surface area contributed by atoms with E-state index >= 15 is 0 Å². The highest BCUT2D eigenvalue weighted by Gasteiger charge is 2.30. The summed E-state index contributed by atoms with van der Waals surface area (Å²) in [4.78, 5) is 12.9. The van der Waals surface area contributed by atoms with Crippen molar-refractivity contribution in [1.82, 2.24) is 5.32 Å². The zero-order valence-corrected chi connectivity index (χ0v) is 15.6. The highest BCUT2D eigenvalue weighted by atomic mass is 32.2. The van der Waals surface area contributed by atoms with Gasteiger partial charge in [-0.05, 0) is 41.2 Å². The average Bonchev–Trinajstić information content (AvgIpc) is 2.57. The van der Waals surface area contributed by atoms with Crippen LogP contribution in [0, 0.1) is 0 Å². The van der Waals surface area contributed by atoms with E-state index in [0.717, 1.165) is 5.56 Å². The van der Waals surface area contributed by atoms with Crippen molar-refractivity contribution in [3.8, 4) is 0 Å². The van der Waals surface area contributed by atoms with Crippen molar-refractivity contribution in [1.29, 1.82) is 0 Å². The summed E-state index contributed by atoms with van der Waals surface area (Å²) in [5, 5.41) is 2.98. The van der Waals surface area contributed by atoms with E-state index in [4.69, 9.17) is 0 Å². The molecule has 1 aliphatic heterocycles. The molecule has 1 aliphatic rings. The van der Waals surface area contributed by atoms with E-state index in [2.05, 4.69) is 26.1 Å². The summed E-state index contributed by atoms with van der Waals surface area (Å²) in [6.07, 6.45) is 0.394. The summed E-state index contributed by atoms with van der Waals surface area (Å²) in [5.41, 5.74) is 2.46. The fraction of sp³-hybridized carbons (Fsp3) is 0.350. The van der Waals surface area contributed by atoms with E-state index in [9.17, 15) is 13.2 Å². The van der Waals surface area contributed by atoms with Gasteiger partial charge in [0.15, 0.2) is 9.84 Å². The first kappa shape index (κ1) is 17.7. The highest BCUT2D eigenvalue weighted by molar-refractivity contribution is 7.91. The van der Waals surface area contributed by atoms with Crippen LogP contribution in [0.15, 0.2) is 53.4 Å². The molecule has 3 rings (SSSR count). The molecule has 2 aromatic carbocycles. The van der Waals surface area contributed by atoms with E-state index in [1.807, 2.05) is 24.3 Å². The van der Waals surface area contributed by atoms with Crippen molar-refractivity contribution in [2.75, 3.05) is 5.75 Å². The molecule has 0 saturated heterocycles. The molecule has 1 heterocycles. The van der Waals surface area contributed by atoms with Gasteiger partial charge in [0.25, 0.3) is 5.91 Å². The fourth-order valence-corrected chi connectivity index (χ4v) is 4.72. The molecule has 4 nitrogen and oxygen atoms in total. The van der Waals surface area contributed by atoms with Crippen molar-refractivity contribution in [2.45, 2.75) is 43.5 Å². The second-order valence-corrected chi connectivity index (χ2v) is 9.58. The Balaban J connectivity index is 1.82. The Hall–Kier alpha value is -2.14. The van der Waals surface area contributed by atoms with E-state index in [0.29, 0.717) is 22.4 Å².